The molecule has 5 nitrogen and oxygen atoms in total. The van der Waals surface area contributed by atoms with Crippen LogP contribution >= 0.6 is 0 Å². The van der Waals surface area contributed by atoms with Crippen LogP contribution in [0.2, 0.25) is 0 Å². The highest BCUT2D eigenvalue weighted by molar-refractivity contribution is 5.72. The molecule has 0 unspecified atom stereocenters. The Bertz CT molecular complexity index is 216. The lowest BCUT2D eigenvalue weighted by Gasteiger charge is -2.19. The molecule has 88 valence electrons. The zero-order valence-corrected chi connectivity index (χ0v) is 9.66. The van der Waals surface area contributed by atoms with Gasteiger partial charge in [-0.3, -0.25) is 4.79 Å². The van der Waals surface area contributed by atoms with Crippen molar-refractivity contribution < 1.29 is 23.8 Å². The molecule has 0 rings (SSSR count). The van der Waals surface area contributed by atoms with Crippen LogP contribution < -0.4 is 0 Å². The maximum Gasteiger partial charge on any atom is 0.332 e. The molecule has 5 heteroatoms. The minimum atomic E-state index is -0.506. The molecule has 0 spiro atoms. The maximum absolute atomic E-state index is 11.2. The summed E-state index contributed by atoms with van der Waals surface area (Å²) in [5.41, 5.74) is -0.506. The van der Waals surface area contributed by atoms with Crippen molar-refractivity contribution in [3.8, 4) is 0 Å². The van der Waals surface area contributed by atoms with Gasteiger partial charge in [0.25, 0.3) is 0 Å². The second kappa shape index (κ2) is 6.40. The van der Waals surface area contributed by atoms with Crippen molar-refractivity contribution in [2.75, 3.05) is 20.3 Å². The third kappa shape index (κ3) is 9.21. The molecule has 0 aliphatic carbocycles. The van der Waals surface area contributed by atoms with Crippen molar-refractivity contribution in [2.45, 2.75) is 32.8 Å². The van der Waals surface area contributed by atoms with E-state index in [-0.39, 0.29) is 25.6 Å². The smallest absolute Gasteiger partial charge is 0.332 e. The summed E-state index contributed by atoms with van der Waals surface area (Å²) in [6.45, 7) is 5.26. The number of ether oxygens (including phenoxy) is 3. The van der Waals surface area contributed by atoms with Gasteiger partial charge in [0, 0.05) is 7.11 Å². The molecular formula is C10H18O5. The Balaban J connectivity index is 3.60. The minimum absolute atomic E-state index is 0.0249. The van der Waals surface area contributed by atoms with E-state index in [4.69, 9.17) is 9.47 Å². The molecule has 0 saturated heterocycles. The van der Waals surface area contributed by atoms with Crippen molar-refractivity contribution >= 4 is 11.9 Å². The zero-order valence-electron chi connectivity index (χ0n) is 9.66. The third-order valence-electron chi connectivity index (χ3n) is 1.25. The monoisotopic (exact) mass is 218 g/mol. The van der Waals surface area contributed by atoms with Gasteiger partial charge in [0.1, 0.15) is 18.8 Å². The summed E-state index contributed by atoms with van der Waals surface area (Å²) >= 11 is 0. The summed E-state index contributed by atoms with van der Waals surface area (Å²) in [7, 11) is 1.40. The molecule has 0 aromatic carbocycles. The molecule has 15 heavy (non-hydrogen) atoms. The maximum atomic E-state index is 11.2. The molecule has 0 heterocycles. The number of hydrogen-bond donors (Lipinski definition) is 0. The molecule has 0 atom stereocenters. The van der Waals surface area contributed by atoms with Gasteiger partial charge >= 0.3 is 11.9 Å². The second-order valence-corrected chi connectivity index (χ2v) is 3.99. The zero-order chi connectivity index (χ0) is 11.9. The van der Waals surface area contributed by atoms with E-state index in [9.17, 15) is 9.59 Å². The van der Waals surface area contributed by atoms with Gasteiger partial charge < -0.3 is 14.2 Å². The minimum Gasteiger partial charge on any atom is -0.463 e. The Morgan fingerprint density at radius 1 is 1.13 bits per heavy atom. The van der Waals surface area contributed by atoms with E-state index in [0.717, 1.165) is 0 Å². The van der Waals surface area contributed by atoms with Gasteiger partial charge in [0.05, 0.1) is 6.42 Å². The molecule has 0 aromatic rings. The predicted octanol–water partition coefficient (Wildman–Crippen LogP) is 0.908. The Labute approximate surface area is 89.7 Å². The van der Waals surface area contributed by atoms with Crippen LogP contribution in [0.15, 0.2) is 0 Å². The molecule has 0 amide bonds. The van der Waals surface area contributed by atoms with Gasteiger partial charge in [0.15, 0.2) is 0 Å². The second-order valence-electron chi connectivity index (χ2n) is 3.99. The summed E-state index contributed by atoms with van der Waals surface area (Å²) in [5.74, 6) is -0.867. The topological polar surface area (TPSA) is 61.8 Å². The molecule has 0 saturated carbocycles. The van der Waals surface area contributed by atoms with Gasteiger partial charge in [-0.2, -0.15) is 0 Å². The average Bonchev–Trinajstić information content (AvgIpc) is 2.00. The van der Waals surface area contributed by atoms with E-state index >= 15 is 0 Å². The molecular weight excluding hydrogens is 200 g/mol. The van der Waals surface area contributed by atoms with Crippen LogP contribution in [-0.2, 0) is 23.8 Å². The van der Waals surface area contributed by atoms with E-state index in [0.29, 0.717) is 0 Å². The van der Waals surface area contributed by atoms with Crippen LogP contribution in [0.5, 0.6) is 0 Å². The van der Waals surface area contributed by atoms with Gasteiger partial charge in [-0.25, -0.2) is 4.79 Å². The summed E-state index contributed by atoms with van der Waals surface area (Å²) in [6, 6.07) is 0. The van der Waals surface area contributed by atoms with Crippen molar-refractivity contribution in [3.05, 3.63) is 0 Å². The summed E-state index contributed by atoms with van der Waals surface area (Å²) in [5, 5.41) is 0. The molecule has 0 fully saturated rings. The van der Waals surface area contributed by atoms with Crippen LogP contribution in [0, 0.1) is 0 Å². The first-order valence-corrected chi connectivity index (χ1v) is 4.71. The number of carbonyl (C=O) groups excluding carboxylic acids is 2. The van der Waals surface area contributed by atoms with Crippen molar-refractivity contribution in [1.29, 1.82) is 0 Å². The van der Waals surface area contributed by atoms with Gasteiger partial charge in [-0.05, 0) is 20.8 Å². The molecule has 0 aliphatic rings. The third-order valence-corrected chi connectivity index (χ3v) is 1.25. The van der Waals surface area contributed by atoms with E-state index in [1.54, 1.807) is 20.8 Å². The first-order chi connectivity index (χ1) is 6.85. The highest BCUT2D eigenvalue weighted by atomic mass is 16.6. The predicted molar refractivity (Wildman–Crippen MR) is 53.3 cm³/mol. The molecule has 0 aromatic heterocycles. The van der Waals surface area contributed by atoms with Gasteiger partial charge in [0.2, 0.25) is 0 Å². The molecule has 0 radical (unpaired) electrons. The molecule has 0 bridgehead atoms. The molecule has 0 N–H and O–H groups in total. The number of hydrogen-bond acceptors (Lipinski definition) is 5. The fourth-order valence-electron chi connectivity index (χ4n) is 0.800. The van der Waals surface area contributed by atoms with Crippen molar-refractivity contribution in [2.24, 2.45) is 0 Å². The van der Waals surface area contributed by atoms with Crippen LogP contribution in [0.25, 0.3) is 0 Å². The van der Waals surface area contributed by atoms with Crippen LogP contribution in [0.4, 0.5) is 0 Å². The van der Waals surface area contributed by atoms with Gasteiger partial charge in [-0.1, -0.05) is 0 Å². The lowest BCUT2D eigenvalue weighted by Crippen LogP contribution is -2.25. The van der Waals surface area contributed by atoms with E-state index in [2.05, 4.69) is 4.74 Å². The Kier molecular flexibility index (Phi) is 5.93. The molecule has 0 aliphatic heterocycles. The lowest BCUT2D eigenvalue weighted by molar-refractivity contribution is -0.158. The fraction of sp³-hybridized carbons (Fsp3) is 0.800. The van der Waals surface area contributed by atoms with Crippen LogP contribution in [-0.4, -0.2) is 37.9 Å². The summed E-state index contributed by atoms with van der Waals surface area (Å²) in [4.78, 5) is 22.0. The van der Waals surface area contributed by atoms with Crippen LogP contribution in [0.1, 0.15) is 27.2 Å². The van der Waals surface area contributed by atoms with E-state index in [1.807, 2.05) is 0 Å². The largest absolute Gasteiger partial charge is 0.463 e. The first-order valence-electron chi connectivity index (χ1n) is 4.71. The Morgan fingerprint density at radius 3 is 2.20 bits per heavy atom. The number of rotatable bonds is 5. The van der Waals surface area contributed by atoms with E-state index < -0.39 is 11.6 Å². The fourth-order valence-corrected chi connectivity index (χ4v) is 0.800. The quantitative estimate of drug-likeness (QED) is 0.642. The van der Waals surface area contributed by atoms with Gasteiger partial charge in [-0.15, -0.1) is 0 Å². The highest BCUT2D eigenvalue weighted by Gasteiger charge is 2.16. The SMILES string of the molecule is COCC(=O)OCCC(=O)OC(C)(C)C. The highest BCUT2D eigenvalue weighted by Crippen LogP contribution is 2.07. The van der Waals surface area contributed by atoms with Crippen LogP contribution in [0.3, 0.4) is 0 Å². The normalized spacial score (nSPS) is 10.9. The number of esters is 2. The van der Waals surface area contributed by atoms with E-state index in [1.165, 1.54) is 7.11 Å². The number of methoxy groups -OCH3 is 1. The lowest BCUT2D eigenvalue weighted by atomic mass is 10.2. The standard InChI is InChI=1S/C10H18O5/c1-10(2,3)15-8(11)5-6-14-9(12)7-13-4/h5-7H2,1-4H3. The van der Waals surface area contributed by atoms with Crippen molar-refractivity contribution in [3.63, 3.8) is 0 Å². The summed E-state index contributed by atoms with van der Waals surface area (Å²) < 4.78 is 14.3. The first kappa shape index (κ1) is 13.9. The Morgan fingerprint density at radius 2 is 1.73 bits per heavy atom. The average molecular weight is 218 g/mol. The number of carbonyl (C=O) groups is 2. The summed E-state index contributed by atoms with van der Waals surface area (Å²) in [6.07, 6.45) is 0.0622. The Hall–Kier alpha value is -1.10. The van der Waals surface area contributed by atoms with Crippen molar-refractivity contribution in [1.82, 2.24) is 0 Å².